The smallest absolute Gasteiger partial charge is 0.120 e. The summed E-state index contributed by atoms with van der Waals surface area (Å²) in [5.74, 6) is 1.95. The van der Waals surface area contributed by atoms with Gasteiger partial charge in [-0.2, -0.15) is 0 Å². The minimum atomic E-state index is 0.0747. The van der Waals surface area contributed by atoms with Crippen molar-refractivity contribution < 1.29 is 4.74 Å². The molecule has 0 heterocycles. The zero-order chi connectivity index (χ0) is 13.0. The first-order chi connectivity index (χ1) is 7.91. The number of benzene rings is 1. The third kappa shape index (κ3) is 4.04. The van der Waals surface area contributed by atoms with E-state index < -0.39 is 0 Å². The molecule has 96 valence electrons. The zero-order valence-corrected chi connectivity index (χ0v) is 11.6. The molecule has 0 radical (unpaired) electrons. The van der Waals surface area contributed by atoms with Crippen LogP contribution >= 0.6 is 0 Å². The average molecular weight is 235 g/mol. The highest BCUT2D eigenvalue weighted by atomic mass is 16.5. The van der Waals surface area contributed by atoms with Crippen LogP contribution in [0.25, 0.3) is 0 Å². The predicted molar refractivity (Wildman–Crippen MR) is 73.1 cm³/mol. The van der Waals surface area contributed by atoms with Crippen molar-refractivity contribution in [1.82, 2.24) is 0 Å². The average Bonchev–Trinajstić information content (AvgIpc) is 2.26. The fourth-order valence-electron chi connectivity index (χ4n) is 1.79. The number of hydrogen-bond donors (Lipinski definition) is 1. The van der Waals surface area contributed by atoms with Gasteiger partial charge in [0.15, 0.2) is 0 Å². The number of hydrogen-bond acceptors (Lipinski definition) is 2. The fourth-order valence-corrected chi connectivity index (χ4v) is 1.79. The molecule has 2 atom stereocenters. The molecule has 0 spiro atoms. The van der Waals surface area contributed by atoms with Gasteiger partial charge in [0.05, 0.1) is 6.10 Å². The Morgan fingerprint density at radius 3 is 2.24 bits per heavy atom. The lowest BCUT2D eigenvalue weighted by Crippen LogP contribution is -2.23. The number of ether oxygens (including phenoxy) is 1. The van der Waals surface area contributed by atoms with Crippen molar-refractivity contribution in [3.8, 4) is 5.75 Å². The Hall–Kier alpha value is -1.02. The van der Waals surface area contributed by atoms with Crippen LogP contribution in [0.4, 0.5) is 0 Å². The molecule has 17 heavy (non-hydrogen) atoms. The summed E-state index contributed by atoms with van der Waals surface area (Å²) in [6.07, 6.45) is 0.198. The van der Waals surface area contributed by atoms with Crippen molar-refractivity contribution in [2.45, 2.75) is 46.8 Å². The summed E-state index contributed by atoms with van der Waals surface area (Å²) < 4.78 is 5.69. The van der Waals surface area contributed by atoms with Gasteiger partial charge in [-0.1, -0.05) is 32.9 Å². The van der Waals surface area contributed by atoms with Gasteiger partial charge in [-0.25, -0.2) is 0 Å². The van der Waals surface area contributed by atoms with Gasteiger partial charge < -0.3 is 10.5 Å². The first-order valence-corrected chi connectivity index (χ1v) is 6.44. The molecule has 0 aromatic heterocycles. The van der Waals surface area contributed by atoms with Gasteiger partial charge in [-0.05, 0) is 43.4 Å². The molecule has 2 unspecified atom stereocenters. The van der Waals surface area contributed by atoms with Crippen molar-refractivity contribution >= 4 is 0 Å². The normalized spacial score (nSPS) is 15.1. The van der Waals surface area contributed by atoms with Gasteiger partial charge in [0, 0.05) is 6.04 Å². The molecule has 2 N–H and O–H groups in total. The summed E-state index contributed by atoms with van der Waals surface area (Å²) in [4.78, 5) is 0. The summed E-state index contributed by atoms with van der Waals surface area (Å²) in [5.41, 5.74) is 7.44. The maximum absolute atomic E-state index is 6.28. The Bertz CT molecular complexity index is 347. The third-order valence-electron chi connectivity index (χ3n) is 3.23. The fraction of sp³-hybridized carbons (Fsp3) is 0.600. The highest BCUT2D eigenvalue weighted by molar-refractivity contribution is 5.30. The molecule has 0 fully saturated rings. The molecule has 1 aromatic carbocycles. The molecule has 0 saturated heterocycles. The maximum atomic E-state index is 6.28. The second kappa shape index (κ2) is 6.06. The highest BCUT2D eigenvalue weighted by Crippen LogP contribution is 2.27. The molecule has 0 bridgehead atoms. The van der Waals surface area contributed by atoms with E-state index in [1.54, 1.807) is 0 Å². The highest BCUT2D eigenvalue weighted by Gasteiger charge is 2.18. The van der Waals surface area contributed by atoms with E-state index in [0.29, 0.717) is 11.8 Å². The molecule has 1 rings (SSSR count). The lowest BCUT2D eigenvalue weighted by molar-refractivity contribution is 0.241. The van der Waals surface area contributed by atoms with Gasteiger partial charge in [-0.15, -0.1) is 0 Å². The molecule has 1 aromatic rings. The van der Waals surface area contributed by atoms with Crippen LogP contribution in [0.5, 0.6) is 5.75 Å². The second-order valence-electron chi connectivity index (χ2n) is 5.37. The molecule has 0 aliphatic heterocycles. The number of rotatable bonds is 5. The van der Waals surface area contributed by atoms with Crippen LogP contribution in [0, 0.1) is 11.8 Å². The van der Waals surface area contributed by atoms with E-state index in [9.17, 15) is 0 Å². The largest absolute Gasteiger partial charge is 0.491 e. The first kappa shape index (κ1) is 14.0. The van der Waals surface area contributed by atoms with Crippen LogP contribution in [0.15, 0.2) is 24.3 Å². The van der Waals surface area contributed by atoms with Crippen molar-refractivity contribution in [2.24, 2.45) is 17.6 Å². The topological polar surface area (TPSA) is 35.2 Å². The second-order valence-corrected chi connectivity index (χ2v) is 5.37. The summed E-state index contributed by atoms with van der Waals surface area (Å²) in [6, 6.07) is 8.21. The van der Waals surface area contributed by atoms with E-state index in [2.05, 4.69) is 32.9 Å². The van der Waals surface area contributed by atoms with Crippen LogP contribution in [0.2, 0.25) is 0 Å². The Morgan fingerprint density at radius 2 is 1.71 bits per heavy atom. The number of nitrogens with two attached hydrogens (primary N) is 1. The summed E-state index contributed by atoms with van der Waals surface area (Å²) in [6.45, 7) is 10.7. The van der Waals surface area contributed by atoms with Crippen molar-refractivity contribution in [1.29, 1.82) is 0 Å². The maximum Gasteiger partial charge on any atom is 0.120 e. The van der Waals surface area contributed by atoms with Gasteiger partial charge in [0.2, 0.25) is 0 Å². The lowest BCUT2D eigenvalue weighted by atomic mass is 9.87. The zero-order valence-electron chi connectivity index (χ0n) is 11.6. The first-order valence-electron chi connectivity index (χ1n) is 6.44. The Labute approximate surface area is 105 Å². The van der Waals surface area contributed by atoms with Gasteiger partial charge in [0.25, 0.3) is 0 Å². The Kier molecular flexibility index (Phi) is 5.01. The van der Waals surface area contributed by atoms with E-state index in [4.69, 9.17) is 10.5 Å². The SMILES string of the molecule is CC(C)Oc1cccc(C(N)C(C)C(C)C)c1. The van der Waals surface area contributed by atoms with Gasteiger partial charge in [-0.3, -0.25) is 0 Å². The van der Waals surface area contributed by atoms with Crippen molar-refractivity contribution in [2.75, 3.05) is 0 Å². The minimum Gasteiger partial charge on any atom is -0.491 e. The van der Waals surface area contributed by atoms with E-state index in [1.807, 2.05) is 26.0 Å². The molecule has 0 saturated carbocycles. The lowest BCUT2D eigenvalue weighted by Gasteiger charge is -2.24. The van der Waals surface area contributed by atoms with Gasteiger partial charge >= 0.3 is 0 Å². The third-order valence-corrected chi connectivity index (χ3v) is 3.23. The molecule has 2 heteroatoms. The Balaban J connectivity index is 2.83. The molecule has 0 aliphatic rings. The van der Waals surface area contributed by atoms with Gasteiger partial charge in [0.1, 0.15) is 5.75 Å². The summed E-state index contributed by atoms with van der Waals surface area (Å²) >= 11 is 0. The van der Waals surface area contributed by atoms with Crippen LogP contribution in [0.3, 0.4) is 0 Å². The van der Waals surface area contributed by atoms with Crippen LogP contribution < -0.4 is 10.5 Å². The molecular formula is C15H25NO. The standard InChI is InChI=1S/C15H25NO/c1-10(2)12(5)15(16)13-7-6-8-14(9-13)17-11(3)4/h6-12,15H,16H2,1-5H3. The van der Waals surface area contributed by atoms with Crippen LogP contribution in [-0.2, 0) is 0 Å². The molecule has 0 amide bonds. The molecular weight excluding hydrogens is 210 g/mol. The molecule has 2 nitrogen and oxygen atoms in total. The van der Waals surface area contributed by atoms with E-state index in [-0.39, 0.29) is 12.1 Å². The quantitative estimate of drug-likeness (QED) is 0.843. The summed E-state index contributed by atoms with van der Waals surface area (Å²) in [5, 5.41) is 0. The van der Waals surface area contributed by atoms with Crippen LogP contribution in [0.1, 0.15) is 46.2 Å². The van der Waals surface area contributed by atoms with E-state index in [0.717, 1.165) is 11.3 Å². The van der Waals surface area contributed by atoms with E-state index >= 15 is 0 Å². The predicted octanol–water partition coefficient (Wildman–Crippen LogP) is 3.77. The van der Waals surface area contributed by atoms with E-state index in [1.165, 1.54) is 0 Å². The minimum absolute atomic E-state index is 0.0747. The van der Waals surface area contributed by atoms with Crippen molar-refractivity contribution in [3.63, 3.8) is 0 Å². The van der Waals surface area contributed by atoms with Crippen molar-refractivity contribution in [3.05, 3.63) is 29.8 Å². The molecule has 0 aliphatic carbocycles. The summed E-state index contributed by atoms with van der Waals surface area (Å²) in [7, 11) is 0. The Morgan fingerprint density at radius 1 is 1.06 bits per heavy atom. The monoisotopic (exact) mass is 235 g/mol. The van der Waals surface area contributed by atoms with Crippen LogP contribution in [-0.4, -0.2) is 6.10 Å².